The van der Waals surface area contributed by atoms with Gasteiger partial charge in [0, 0.05) is 116 Å². The number of fused-ring (bicyclic) bond motifs is 6. The normalized spacial score (nSPS) is 31.0. The van der Waals surface area contributed by atoms with Gasteiger partial charge in [0.2, 0.25) is 5.60 Å². The zero-order chi connectivity index (χ0) is 57.4. The Hall–Kier alpha value is -6.08. The average Bonchev–Trinajstić information content (AvgIpc) is 3.72. The number of amides is 2. The SMILES string of the molecule is CC[C@]1(O)C[C@H]2CN(CCc3c([nH]c4ccccc34)[C@@](C(=O)OC)(c3cc4c(cc3OC)N(C)[C@H]3[C@@](O)(C(=O)OC)[C@H](OC(C)=O)[C@]5(CC)C=CCN6CC[C@]43[C@@H]65)C2)C1.O=C(O)CCCCCCCCCCCN1C(=O)C=CC1=O. The van der Waals surface area contributed by atoms with E-state index in [4.69, 9.17) is 24.1 Å². The number of carbonyl (C=O) groups excluding carboxylic acids is 5. The highest BCUT2D eigenvalue weighted by atomic mass is 16.6. The fourth-order valence-electron chi connectivity index (χ4n) is 15.9. The first-order valence-corrected chi connectivity index (χ1v) is 29.1. The lowest BCUT2D eigenvalue weighted by molar-refractivity contribution is -0.228. The van der Waals surface area contributed by atoms with Crippen molar-refractivity contribution in [3.8, 4) is 5.75 Å². The van der Waals surface area contributed by atoms with Crippen LogP contribution in [0.2, 0.25) is 0 Å². The van der Waals surface area contributed by atoms with Crippen molar-refractivity contribution in [3.63, 3.8) is 0 Å². The Morgan fingerprint density at radius 1 is 0.812 bits per heavy atom. The van der Waals surface area contributed by atoms with E-state index in [-0.39, 0.29) is 30.2 Å². The third-order valence-corrected chi connectivity index (χ3v) is 19.3. The van der Waals surface area contributed by atoms with Gasteiger partial charge in [-0.05, 0) is 87.1 Å². The number of aliphatic carboxylic acids is 1. The summed E-state index contributed by atoms with van der Waals surface area (Å²) in [5.41, 5.74) is -1.62. The number of nitrogens with zero attached hydrogens (tertiary/aromatic N) is 4. The molecule has 1 aromatic heterocycles. The molecular formula is C62H83N5O13. The number of ether oxygens (including phenoxy) is 4. The van der Waals surface area contributed by atoms with Crippen LogP contribution in [-0.4, -0.2) is 168 Å². The summed E-state index contributed by atoms with van der Waals surface area (Å²) >= 11 is 0. The summed E-state index contributed by atoms with van der Waals surface area (Å²) in [7, 11) is 6.15. The molecule has 1 saturated carbocycles. The second-order valence-electron chi connectivity index (χ2n) is 23.7. The maximum absolute atomic E-state index is 15.3. The molecule has 6 aliphatic heterocycles. The summed E-state index contributed by atoms with van der Waals surface area (Å²) < 4.78 is 23.9. The molecule has 1 unspecified atom stereocenters. The Labute approximate surface area is 469 Å². The number of aliphatic hydroxyl groups is 2. The molecule has 18 nitrogen and oxygen atoms in total. The van der Waals surface area contributed by atoms with E-state index in [1.165, 1.54) is 51.0 Å². The Kier molecular flexibility index (Phi) is 17.1. The number of carbonyl (C=O) groups is 6. The maximum Gasteiger partial charge on any atom is 0.344 e. The highest BCUT2D eigenvalue weighted by Crippen LogP contribution is 2.68. The zero-order valence-corrected chi connectivity index (χ0v) is 47.9. The van der Waals surface area contributed by atoms with Gasteiger partial charge in [-0.1, -0.05) is 89.1 Å². The highest BCUT2D eigenvalue weighted by molar-refractivity contribution is 6.12. The molecule has 80 heavy (non-hydrogen) atoms. The van der Waals surface area contributed by atoms with Crippen LogP contribution in [0.4, 0.5) is 5.69 Å². The molecule has 1 aliphatic carbocycles. The van der Waals surface area contributed by atoms with E-state index in [0.29, 0.717) is 89.1 Å². The van der Waals surface area contributed by atoms with Crippen molar-refractivity contribution in [1.82, 2.24) is 19.7 Å². The van der Waals surface area contributed by atoms with Crippen LogP contribution in [0.1, 0.15) is 139 Å². The third kappa shape index (κ3) is 9.92. The minimum Gasteiger partial charge on any atom is -0.496 e. The van der Waals surface area contributed by atoms with Crippen molar-refractivity contribution in [2.75, 3.05) is 72.5 Å². The van der Waals surface area contributed by atoms with Gasteiger partial charge < -0.3 is 44.2 Å². The van der Waals surface area contributed by atoms with Crippen molar-refractivity contribution in [2.45, 2.75) is 164 Å². The van der Waals surface area contributed by atoms with Crippen LogP contribution in [0.5, 0.6) is 5.75 Å². The fraction of sp³-hybridized carbons (Fsp3) is 0.613. The van der Waals surface area contributed by atoms with Crippen LogP contribution in [0.25, 0.3) is 10.9 Å². The number of rotatable bonds is 19. The van der Waals surface area contributed by atoms with E-state index in [0.717, 1.165) is 78.4 Å². The molecule has 1 spiro atoms. The number of benzene rings is 2. The number of hydrogen-bond donors (Lipinski definition) is 4. The molecule has 434 valence electrons. The van der Waals surface area contributed by atoms with Gasteiger partial charge in [0.25, 0.3) is 11.8 Å². The van der Waals surface area contributed by atoms with Gasteiger partial charge in [0.1, 0.15) is 11.2 Å². The lowest BCUT2D eigenvalue weighted by atomic mass is 9.47. The van der Waals surface area contributed by atoms with Crippen molar-refractivity contribution in [3.05, 3.63) is 83.1 Å². The number of nitrogens with one attached hydrogen (secondary N) is 1. The fourth-order valence-corrected chi connectivity index (χ4v) is 15.9. The minimum atomic E-state index is -2.30. The van der Waals surface area contributed by atoms with E-state index in [2.05, 4.69) is 39.1 Å². The van der Waals surface area contributed by atoms with E-state index in [1.807, 2.05) is 50.1 Å². The summed E-state index contributed by atoms with van der Waals surface area (Å²) in [6, 6.07) is 11.0. The van der Waals surface area contributed by atoms with Crippen LogP contribution < -0.4 is 9.64 Å². The number of aromatic nitrogens is 1. The van der Waals surface area contributed by atoms with Gasteiger partial charge >= 0.3 is 23.9 Å². The third-order valence-electron chi connectivity index (χ3n) is 19.3. The first-order chi connectivity index (χ1) is 38.3. The summed E-state index contributed by atoms with van der Waals surface area (Å²) in [6.07, 6.45) is 18.3. The second kappa shape index (κ2) is 23.4. The smallest absolute Gasteiger partial charge is 0.344 e. The molecule has 10 rings (SSSR count). The van der Waals surface area contributed by atoms with Gasteiger partial charge in [-0.25, -0.2) is 4.79 Å². The van der Waals surface area contributed by atoms with E-state index in [1.54, 1.807) is 7.11 Å². The van der Waals surface area contributed by atoms with E-state index >= 15 is 4.79 Å². The standard InChI is InChI=1S/C46H58N4O9.C16H25NO4/c1-8-42(54)23-28-24-45(40(52)57-6,36-30(15-19-49(25-28)26-42)29-13-10-11-14-33(29)47-36)32-21-31-34(22-35(32)56-5)48(4)38-44(31)17-20-50-18-12-16-43(9-2,37(44)50)39(59-27(3)51)46(38,55)41(53)58-7;18-14-11-12-15(19)17(14)13-9-7-5-3-1-2-4-6-8-10-16(20)21/h10-14,16,21-22,28,37-39,47,54-55H,8-9,15,17-20,23-26H2,1-7H3;11-12H,1-10,13H2,(H,20,21)/t28-,37+,38-,39-,42+,43-,44-,45+,46+;/m1./s1. The first kappa shape index (κ1) is 58.6. The number of methoxy groups -OCH3 is 3. The molecule has 2 saturated heterocycles. The number of aromatic amines is 1. The van der Waals surface area contributed by atoms with Gasteiger partial charge in [-0.2, -0.15) is 0 Å². The second-order valence-corrected chi connectivity index (χ2v) is 23.7. The number of likely N-dealkylation sites (N-methyl/N-ethyl adjacent to an activating group) is 1. The van der Waals surface area contributed by atoms with Crippen molar-refractivity contribution >= 4 is 52.3 Å². The molecule has 0 radical (unpaired) electrons. The molecule has 2 bridgehead atoms. The van der Waals surface area contributed by atoms with Crippen LogP contribution in [0.15, 0.2) is 60.7 Å². The van der Waals surface area contributed by atoms with Gasteiger partial charge in [0.05, 0.1) is 33.0 Å². The van der Waals surface area contributed by atoms with Gasteiger partial charge in [0.15, 0.2) is 6.10 Å². The molecule has 2 aromatic carbocycles. The largest absolute Gasteiger partial charge is 0.496 e. The maximum atomic E-state index is 15.3. The number of unbranched alkanes of at least 4 members (excludes halogenated alkanes) is 8. The number of anilines is 1. The van der Waals surface area contributed by atoms with E-state index < -0.39 is 63.5 Å². The van der Waals surface area contributed by atoms with Gasteiger partial charge in [-0.15, -0.1) is 0 Å². The average molecular weight is 1110 g/mol. The van der Waals surface area contributed by atoms with Crippen molar-refractivity contribution in [2.24, 2.45) is 11.3 Å². The summed E-state index contributed by atoms with van der Waals surface area (Å²) in [4.78, 5) is 87.4. The molecular weight excluding hydrogens is 1020 g/mol. The van der Waals surface area contributed by atoms with E-state index in [9.17, 15) is 34.2 Å². The lowest BCUT2D eigenvalue weighted by Crippen LogP contribution is -2.81. The van der Waals surface area contributed by atoms with Crippen LogP contribution in [-0.2, 0) is 60.2 Å². The first-order valence-electron chi connectivity index (χ1n) is 29.1. The van der Waals surface area contributed by atoms with Gasteiger partial charge in [-0.3, -0.25) is 38.7 Å². The number of H-pyrrole nitrogens is 1. The Morgan fingerprint density at radius 3 is 2.12 bits per heavy atom. The summed E-state index contributed by atoms with van der Waals surface area (Å²) in [6.45, 7) is 9.15. The molecule has 7 aliphatic rings. The molecule has 3 fully saturated rings. The van der Waals surface area contributed by atoms with Crippen molar-refractivity contribution in [1.29, 1.82) is 0 Å². The molecule has 2 amide bonds. The molecule has 7 heterocycles. The molecule has 18 heteroatoms. The summed E-state index contributed by atoms with van der Waals surface area (Å²) in [5.74, 6) is -2.66. The Morgan fingerprint density at radius 2 is 1.49 bits per heavy atom. The molecule has 3 aromatic rings. The monoisotopic (exact) mass is 1110 g/mol. The number of carboxylic acids is 1. The van der Waals surface area contributed by atoms with Crippen LogP contribution >= 0.6 is 0 Å². The number of esters is 3. The number of para-hydroxylation sites is 1. The van der Waals surface area contributed by atoms with Crippen LogP contribution in [0.3, 0.4) is 0 Å². The number of hydrogen-bond acceptors (Lipinski definition) is 15. The number of carboxylic acid groups (broad SMARTS) is 1. The number of imide groups is 1. The predicted molar refractivity (Wildman–Crippen MR) is 300 cm³/mol. The Bertz CT molecular complexity index is 2900. The molecule has 4 N–H and O–H groups in total. The quantitative estimate of drug-likeness (QED) is 0.0315. The highest BCUT2D eigenvalue weighted by Gasteiger charge is 2.80. The molecule has 10 atom stereocenters. The predicted octanol–water partition coefficient (Wildman–Crippen LogP) is 6.89. The van der Waals surface area contributed by atoms with Crippen LogP contribution in [0, 0.1) is 11.3 Å². The topological polar surface area (TPSA) is 229 Å². The lowest BCUT2D eigenvalue weighted by Gasteiger charge is -2.63. The number of piperidine rings is 1. The Balaban J connectivity index is 0.000000312. The summed E-state index contributed by atoms with van der Waals surface area (Å²) in [5, 5.41) is 34.8. The zero-order valence-electron chi connectivity index (χ0n) is 47.9. The van der Waals surface area contributed by atoms with Crippen molar-refractivity contribution < 1.29 is 63.0 Å². The minimum absolute atomic E-state index is 0.0986.